The SMILES string of the molecule is CC(=O)c1nc([C@@H](O)[C@H](O)[C@H](O)CO)c[nH]1.O.O. The fourth-order valence-corrected chi connectivity index (χ4v) is 1.16. The van der Waals surface area contributed by atoms with Gasteiger partial charge < -0.3 is 36.4 Å². The van der Waals surface area contributed by atoms with Gasteiger partial charge in [-0.1, -0.05) is 0 Å². The van der Waals surface area contributed by atoms with Gasteiger partial charge in [0.15, 0.2) is 11.6 Å². The van der Waals surface area contributed by atoms with Crippen molar-refractivity contribution in [2.75, 3.05) is 6.61 Å². The van der Waals surface area contributed by atoms with Crippen molar-refractivity contribution >= 4 is 5.78 Å². The number of carbonyl (C=O) groups excluding carboxylic acids is 1. The fourth-order valence-electron chi connectivity index (χ4n) is 1.16. The van der Waals surface area contributed by atoms with E-state index in [0.29, 0.717) is 0 Å². The molecule has 0 aliphatic heterocycles. The zero-order chi connectivity index (χ0) is 12.3. The number of Topliss-reactive ketones (excluding diaryl/α,β-unsaturated/α-hetero) is 1. The Morgan fingerprint density at radius 1 is 1.39 bits per heavy atom. The predicted octanol–water partition coefficient (Wildman–Crippen LogP) is -3.29. The molecule has 9 N–H and O–H groups in total. The van der Waals surface area contributed by atoms with Crippen LogP contribution in [0.15, 0.2) is 6.20 Å². The van der Waals surface area contributed by atoms with E-state index in [1.165, 1.54) is 13.1 Å². The molecule has 3 atom stereocenters. The van der Waals surface area contributed by atoms with Crippen LogP contribution in [0.25, 0.3) is 0 Å². The minimum Gasteiger partial charge on any atom is -0.412 e. The average Bonchev–Trinajstić information content (AvgIpc) is 2.75. The fraction of sp³-hybridized carbons (Fsp3) is 0.556. The van der Waals surface area contributed by atoms with Crippen molar-refractivity contribution in [3.63, 3.8) is 0 Å². The maximum atomic E-state index is 10.9. The number of imidazole rings is 1. The number of aliphatic hydroxyl groups excluding tert-OH is 4. The Bertz CT molecular complexity index is 368. The molecule has 0 amide bonds. The van der Waals surface area contributed by atoms with E-state index < -0.39 is 24.9 Å². The van der Waals surface area contributed by atoms with Gasteiger partial charge in [-0.3, -0.25) is 4.79 Å². The number of hydrogen-bond donors (Lipinski definition) is 5. The zero-order valence-electron chi connectivity index (χ0n) is 9.66. The molecule has 1 aromatic rings. The van der Waals surface area contributed by atoms with E-state index in [0.717, 1.165) is 0 Å². The highest BCUT2D eigenvalue weighted by Crippen LogP contribution is 2.17. The van der Waals surface area contributed by atoms with E-state index in [-0.39, 0.29) is 28.3 Å². The third kappa shape index (κ3) is 4.14. The molecule has 0 bridgehead atoms. The molecule has 1 rings (SSSR count). The van der Waals surface area contributed by atoms with Gasteiger partial charge in [-0.25, -0.2) is 4.98 Å². The van der Waals surface area contributed by atoms with E-state index in [4.69, 9.17) is 10.2 Å². The number of hydrogen-bond acceptors (Lipinski definition) is 6. The molecule has 9 heteroatoms. The topological polar surface area (TPSA) is 190 Å². The van der Waals surface area contributed by atoms with Crippen LogP contribution in [0.5, 0.6) is 0 Å². The molecule has 0 aliphatic rings. The van der Waals surface area contributed by atoms with E-state index in [1.54, 1.807) is 0 Å². The number of nitrogens with zero attached hydrogens (tertiary/aromatic N) is 1. The number of carbonyl (C=O) groups is 1. The van der Waals surface area contributed by atoms with Crippen molar-refractivity contribution in [1.29, 1.82) is 0 Å². The zero-order valence-corrected chi connectivity index (χ0v) is 9.66. The number of nitrogens with one attached hydrogen (secondary N) is 1. The summed E-state index contributed by atoms with van der Waals surface area (Å²) in [4.78, 5) is 17.2. The Kier molecular flexibility index (Phi) is 8.30. The summed E-state index contributed by atoms with van der Waals surface area (Å²) in [5.41, 5.74) is 0.0326. The molecule has 106 valence electrons. The van der Waals surface area contributed by atoms with Crippen LogP contribution in [0, 0.1) is 0 Å². The van der Waals surface area contributed by atoms with Crippen LogP contribution < -0.4 is 0 Å². The maximum absolute atomic E-state index is 10.9. The first-order valence-corrected chi connectivity index (χ1v) is 4.68. The van der Waals surface area contributed by atoms with Gasteiger partial charge in [0.2, 0.25) is 0 Å². The number of rotatable bonds is 5. The Balaban J connectivity index is 0. The summed E-state index contributed by atoms with van der Waals surface area (Å²) in [7, 11) is 0. The van der Waals surface area contributed by atoms with Crippen LogP contribution in [0.1, 0.15) is 29.3 Å². The number of aromatic amines is 1. The highest BCUT2D eigenvalue weighted by molar-refractivity contribution is 5.90. The summed E-state index contributed by atoms with van der Waals surface area (Å²) < 4.78 is 0. The van der Waals surface area contributed by atoms with Gasteiger partial charge in [0.25, 0.3) is 0 Å². The number of aromatic nitrogens is 2. The first-order chi connectivity index (χ1) is 7.47. The molecule has 0 saturated carbocycles. The van der Waals surface area contributed by atoms with Crippen molar-refractivity contribution in [3.8, 4) is 0 Å². The van der Waals surface area contributed by atoms with Crippen LogP contribution >= 0.6 is 0 Å². The molecule has 0 spiro atoms. The lowest BCUT2D eigenvalue weighted by molar-refractivity contribution is -0.0788. The molecule has 1 aromatic heterocycles. The molecule has 0 fully saturated rings. The lowest BCUT2D eigenvalue weighted by Crippen LogP contribution is -2.34. The quantitative estimate of drug-likeness (QED) is 0.347. The lowest BCUT2D eigenvalue weighted by atomic mass is 10.1. The summed E-state index contributed by atoms with van der Waals surface area (Å²) in [6, 6.07) is 0. The van der Waals surface area contributed by atoms with Gasteiger partial charge >= 0.3 is 0 Å². The van der Waals surface area contributed by atoms with Gasteiger partial charge in [0, 0.05) is 13.1 Å². The number of H-pyrrole nitrogens is 1. The summed E-state index contributed by atoms with van der Waals surface area (Å²) in [5, 5.41) is 36.7. The third-order valence-electron chi connectivity index (χ3n) is 2.14. The van der Waals surface area contributed by atoms with Crippen LogP contribution in [0.3, 0.4) is 0 Å². The maximum Gasteiger partial charge on any atom is 0.194 e. The monoisotopic (exact) mass is 266 g/mol. The summed E-state index contributed by atoms with van der Waals surface area (Å²) in [5.74, 6) is -0.254. The molecule has 0 radical (unpaired) electrons. The van der Waals surface area contributed by atoms with E-state index in [9.17, 15) is 15.0 Å². The van der Waals surface area contributed by atoms with Crippen LogP contribution in [-0.2, 0) is 0 Å². The van der Waals surface area contributed by atoms with Gasteiger partial charge in [0.05, 0.1) is 12.3 Å². The molecular formula is C9H18N2O7. The normalized spacial score (nSPS) is 14.9. The largest absolute Gasteiger partial charge is 0.412 e. The number of ketones is 1. The molecule has 1 heterocycles. The Labute approximate surface area is 102 Å². The Hall–Kier alpha value is -1.36. The van der Waals surface area contributed by atoms with Gasteiger partial charge in [-0.2, -0.15) is 0 Å². The summed E-state index contributed by atoms with van der Waals surface area (Å²) >= 11 is 0. The second-order valence-corrected chi connectivity index (χ2v) is 3.42. The lowest BCUT2D eigenvalue weighted by Gasteiger charge is -2.19. The smallest absolute Gasteiger partial charge is 0.194 e. The Morgan fingerprint density at radius 3 is 2.33 bits per heavy atom. The minimum atomic E-state index is -1.56. The van der Waals surface area contributed by atoms with E-state index in [1.807, 2.05) is 0 Å². The van der Waals surface area contributed by atoms with Crippen molar-refractivity contribution in [3.05, 3.63) is 17.7 Å². The Morgan fingerprint density at radius 2 is 1.94 bits per heavy atom. The molecule has 0 aliphatic carbocycles. The van der Waals surface area contributed by atoms with Crippen molar-refractivity contribution in [1.82, 2.24) is 9.97 Å². The molecular weight excluding hydrogens is 248 g/mol. The molecule has 9 nitrogen and oxygen atoms in total. The highest BCUT2D eigenvalue weighted by atomic mass is 16.4. The molecule has 0 saturated heterocycles. The van der Waals surface area contributed by atoms with E-state index >= 15 is 0 Å². The van der Waals surface area contributed by atoms with Crippen molar-refractivity contribution in [2.45, 2.75) is 25.2 Å². The van der Waals surface area contributed by atoms with Crippen molar-refractivity contribution < 1.29 is 36.2 Å². The first-order valence-electron chi connectivity index (χ1n) is 4.68. The van der Waals surface area contributed by atoms with E-state index in [2.05, 4.69) is 9.97 Å². The van der Waals surface area contributed by atoms with Crippen LogP contribution in [0.2, 0.25) is 0 Å². The van der Waals surface area contributed by atoms with Crippen molar-refractivity contribution in [2.24, 2.45) is 0 Å². The van der Waals surface area contributed by atoms with Gasteiger partial charge in [0.1, 0.15) is 18.3 Å². The van der Waals surface area contributed by atoms with Crippen LogP contribution in [-0.4, -0.2) is 65.9 Å². The molecule has 0 aromatic carbocycles. The summed E-state index contributed by atoms with van der Waals surface area (Å²) in [6.07, 6.45) is -3.23. The van der Waals surface area contributed by atoms with Gasteiger partial charge in [-0.15, -0.1) is 0 Å². The second-order valence-electron chi connectivity index (χ2n) is 3.42. The molecule has 18 heavy (non-hydrogen) atoms. The predicted molar refractivity (Wildman–Crippen MR) is 59.9 cm³/mol. The summed E-state index contributed by atoms with van der Waals surface area (Å²) in [6.45, 7) is 0.621. The highest BCUT2D eigenvalue weighted by Gasteiger charge is 2.27. The molecule has 0 unspecified atom stereocenters. The third-order valence-corrected chi connectivity index (χ3v) is 2.14. The minimum absolute atomic E-state index is 0. The standard InChI is InChI=1S/C9H14N2O5.2H2O/c1-4(13)9-10-2-5(11-9)7(15)8(16)6(14)3-12;;/h2,6-8,12,14-16H,3H2,1H3,(H,10,11);2*1H2/t6-,7-,8-;;/m1../s1. The first kappa shape index (κ1) is 19.0. The number of aliphatic hydroxyl groups is 4. The average molecular weight is 266 g/mol. The van der Waals surface area contributed by atoms with Crippen LogP contribution in [0.4, 0.5) is 0 Å². The second kappa shape index (κ2) is 7.87. The van der Waals surface area contributed by atoms with Gasteiger partial charge in [-0.05, 0) is 0 Å².